The summed E-state index contributed by atoms with van der Waals surface area (Å²) in [6.07, 6.45) is 0.510. The van der Waals surface area contributed by atoms with Crippen molar-refractivity contribution >= 4 is 34.9 Å². The molecule has 0 amide bonds. The summed E-state index contributed by atoms with van der Waals surface area (Å²) in [7, 11) is 1.71. The van der Waals surface area contributed by atoms with Gasteiger partial charge in [-0.15, -0.1) is 0 Å². The molecule has 3 nitrogen and oxygen atoms in total. The maximum atomic E-state index is 11.0. The molecule has 0 aliphatic rings. The van der Waals surface area contributed by atoms with E-state index in [1.807, 2.05) is 6.92 Å². The first kappa shape index (κ1) is 13.1. The number of halogens is 2. The molecule has 0 saturated carbocycles. The third-order valence-corrected chi connectivity index (χ3v) is 2.83. The van der Waals surface area contributed by atoms with Crippen LogP contribution in [0.3, 0.4) is 0 Å². The lowest BCUT2D eigenvalue weighted by atomic mass is 10.2. The van der Waals surface area contributed by atoms with Gasteiger partial charge in [0.25, 0.3) is 0 Å². The number of hydrogen-bond acceptors (Lipinski definition) is 2. The fraction of sp³-hybridized carbons (Fsp3) is 0.364. The van der Waals surface area contributed by atoms with Gasteiger partial charge in [-0.1, -0.05) is 30.1 Å². The minimum Gasteiger partial charge on any atom is -0.480 e. The summed E-state index contributed by atoms with van der Waals surface area (Å²) in [6.45, 7) is 1.82. The molecule has 0 radical (unpaired) electrons. The first-order valence-electron chi connectivity index (χ1n) is 4.87. The number of benzene rings is 1. The summed E-state index contributed by atoms with van der Waals surface area (Å²) >= 11 is 11.7. The highest BCUT2D eigenvalue weighted by Crippen LogP contribution is 2.26. The number of rotatable bonds is 4. The highest BCUT2D eigenvalue weighted by atomic mass is 35.5. The van der Waals surface area contributed by atoms with Crippen LogP contribution in [-0.4, -0.2) is 24.2 Å². The lowest BCUT2D eigenvalue weighted by Crippen LogP contribution is -2.37. The van der Waals surface area contributed by atoms with Gasteiger partial charge < -0.3 is 10.0 Å². The summed E-state index contributed by atoms with van der Waals surface area (Å²) in [5.74, 6) is -0.860. The van der Waals surface area contributed by atoms with E-state index in [9.17, 15) is 4.79 Å². The zero-order valence-corrected chi connectivity index (χ0v) is 10.6. The van der Waals surface area contributed by atoms with Gasteiger partial charge in [0.15, 0.2) is 0 Å². The first-order valence-corrected chi connectivity index (χ1v) is 5.63. The molecule has 0 aliphatic heterocycles. The van der Waals surface area contributed by atoms with Gasteiger partial charge in [-0.05, 0) is 24.6 Å². The van der Waals surface area contributed by atoms with Crippen molar-refractivity contribution in [3.8, 4) is 0 Å². The molecule has 0 aliphatic carbocycles. The standard InChI is InChI=1S/C11H13Cl2NO2/c1-3-10(11(15)16)14(2)9-5-7(12)4-8(13)6-9/h4-6,10H,3H2,1-2H3,(H,15,16)/t10-/m1/s1. The molecule has 0 heterocycles. The summed E-state index contributed by atoms with van der Waals surface area (Å²) in [5, 5.41) is 10.0. The lowest BCUT2D eigenvalue weighted by Gasteiger charge is -2.26. The Kier molecular flexibility index (Phi) is 4.44. The van der Waals surface area contributed by atoms with E-state index >= 15 is 0 Å². The molecule has 1 aromatic carbocycles. The third-order valence-electron chi connectivity index (χ3n) is 2.39. The zero-order chi connectivity index (χ0) is 12.3. The smallest absolute Gasteiger partial charge is 0.326 e. The second-order valence-electron chi connectivity index (χ2n) is 3.50. The average molecular weight is 262 g/mol. The average Bonchev–Trinajstić information content (AvgIpc) is 2.16. The Morgan fingerprint density at radius 1 is 1.38 bits per heavy atom. The third kappa shape index (κ3) is 3.03. The van der Waals surface area contributed by atoms with E-state index in [-0.39, 0.29) is 0 Å². The SMILES string of the molecule is CC[C@H](C(=O)O)N(C)c1cc(Cl)cc(Cl)c1. The van der Waals surface area contributed by atoms with E-state index < -0.39 is 12.0 Å². The highest BCUT2D eigenvalue weighted by molar-refractivity contribution is 6.35. The Morgan fingerprint density at radius 2 is 1.88 bits per heavy atom. The van der Waals surface area contributed by atoms with Crippen molar-refractivity contribution in [1.29, 1.82) is 0 Å². The van der Waals surface area contributed by atoms with Gasteiger partial charge in [-0.2, -0.15) is 0 Å². The van der Waals surface area contributed by atoms with E-state index in [4.69, 9.17) is 28.3 Å². The van der Waals surface area contributed by atoms with Gasteiger partial charge in [-0.3, -0.25) is 0 Å². The number of hydrogen-bond donors (Lipinski definition) is 1. The Morgan fingerprint density at radius 3 is 2.25 bits per heavy atom. The van der Waals surface area contributed by atoms with E-state index in [2.05, 4.69) is 0 Å². The van der Waals surface area contributed by atoms with Gasteiger partial charge >= 0.3 is 5.97 Å². The molecule has 16 heavy (non-hydrogen) atoms. The summed E-state index contributed by atoms with van der Waals surface area (Å²) in [6, 6.07) is 4.43. The van der Waals surface area contributed by atoms with E-state index in [0.717, 1.165) is 0 Å². The molecule has 1 rings (SSSR count). The van der Waals surface area contributed by atoms with E-state index in [1.165, 1.54) is 0 Å². The van der Waals surface area contributed by atoms with Crippen LogP contribution in [0.15, 0.2) is 18.2 Å². The minimum absolute atomic E-state index is 0.495. The molecular weight excluding hydrogens is 249 g/mol. The van der Waals surface area contributed by atoms with Crippen molar-refractivity contribution in [2.24, 2.45) is 0 Å². The first-order chi connectivity index (χ1) is 7.45. The summed E-state index contributed by atoms with van der Waals surface area (Å²) in [4.78, 5) is 12.7. The maximum absolute atomic E-state index is 11.0. The molecule has 1 aromatic rings. The molecule has 0 bridgehead atoms. The number of likely N-dealkylation sites (N-methyl/N-ethyl adjacent to an activating group) is 1. The quantitative estimate of drug-likeness (QED) is 0.905. The number of aliphatic carboxylic acids is 1. The maximum Gasteiger partial charge on any atom is 0.326 e. The van der Waals surface area contributed by atoms with Crippen LogP contribution < -0.4 is 4.90 Å². The molecule has 88 valence electrons. The largest absolute Gasteiger partial charge is 0.480 e. The molecule has 0 unspecified atom stereocenters. The molecule has 0 saturated heterocycles. The zero-order valence-electron chi connectivity index (χ0n) is 9.08. The van der Waals surface area contributed by atoms with Crippen LogP contribution in [0.25, 0.3) is 0 Å². The second kappa shape index (κ2) is 5.41. The number of carbonyl (C=O) groups is 1. The van der Waals surface area contributed by atoms with Crippen molar-refractivity contribution < 1.29 is 9.90 Å². The number of carboxylic acids is 1. The van der Waals surface area contributed by atoms with Crippen LogP contribution in [0.5, 0.6) is 0 Å². The van der Waals surface area contributed by atoms with Crippen LogP contribution in [-0.2, 0) is 4.79 Å². The van der Waals surface area contributed by atoms with Crippen LogP contribution in [0.2, 0.25) is 10.0 Å². The van der Waals surface area contributed by atoms with Gasteiger partial charge in [0.1, 0.15) is 6.04 Å². The normalized spacial score (nSPS) is 12.2. The fourth-order valence-corrected chi connectivity index (χ4v) is 2.05. The molecule has 1 atom stereocenters. The van der Waals surface area contributed by atoms with Crippen molar-refractivity contribution in [1.82, 2.24) is 0 Å². The Labute approximate surface area is 105 Å². The van der Waals surface area contributed by atoms with E-state index in [0.29, 0.717) is 22.2 Å². The van der Waals surface area contributed by atoms with Crippen LogP contribution in [0.1, 0.15) is 13.3 Å². The predicted octanol–water partition coefficient (Wildman–Crippen LogP) is 3.29. The second-order valence-corrected chi connectivity index (χ2v) is 4.37. The van der Waals surface area contributed by atoms with Gasteiger partial charge in [0, 0.05) is 22.8 Å². The fourth-order valence-electron chi connectivity index (χ4n) is 1.54. The van der Waals surface area contributed by atoms with Crippen LogP contribution in [0, 0.1) is 0 Å². The monoisotopic (exact) mass is 261 g/mol. The van der Waals surface area contributed by atoms with E-state index in [1.54, 1.807) is 30.1 Å². The number of anilines is 1. The van der Waals surface area contributed by atoms with Crippen molar-refractivity contribution in [2.45, 2.75) is 19.4 Å². The number of nitrogens with zero attached hydrogens (tertiary/aromatic N) is 1. The lowest BCUT2D eigenvalue weighted by molar-refractivity contribution is -0.138. The number of carboxylic acid groups (broad SMARTS) is 1. The van der Waals surface area contributed by atoms with Crippen molar-refractivity contribution in [3.63, 3.8) is 0 Å². The van der Waals surface area contributed by atoms with Crippen LogP contribution >= 0.6 is 23.2 Å². The Bertz CT molecular complexity index is 375. The Balaban J connectivity index is 3.02. The topological polar surface area (TPSA) is 40.5 Å². The van der Waals surface area contributed by atoms with Crippen molar-refractivity contribution in [2.75, 3.05) is 11.9 Å². The van der Waals surface area contributed by atoms with Gasteiger partial charge in [0.05, 0.1) is 0 Å². The molecule has 0 spiro atoms. The summed E-state index contributed by atoms with van der Waals surface area (Å²) < 4.78 is 0. The van der Waals surface area contributed by atoms with Crippen molar-refractivity contribution in [3.05, 3.63) is 28.2 Å². The predicted molar refractivity (Wildman–Crippen MR) is 66.6 cm³/mol. The minimum atomic E-state index is -0.860. The highest BCUT2D eigenvalue weighted by Gasteiger charge is 2.21. The molecular formula is C11H13Cl2NO2. The molecule has 0 fully saturated rings. The molecule has 0 aromatic heterocycles. The van der Waals surface area contributed by atoms with Crippen LogP contribution in [0.4, 0.5) is 5.69 Å². The molecule has 1 N–H and O–H groups in total. The van der Waals surface area contributed by atoms with Gasteiger partial charge in [0.2, 0.25) is 0 Å². The molecule has 5 heteroatoms. The van der Waals surface area contributed by atoms with Gasteiger partial charge in [-0.25, -0.2) is 4.79 Å². The summed E-state index contributed by atoms with van der Waals surface area (Å²) in [5.41, 5.74) is 0.701. The Hall–Kier alpha value is -0.930.